The number of carbonyl (C=O) groups excluding carboxylic acids is 1. The Labute approximate surface area is 209 Å². The van der Waals surface area contributed by atoms with Crippen molar-refractivity contribution in [2.75, 3.05) is 18.0 Å². The normalized spacial score (nSPS) is 15.7. The van der Waals surface area contributed by atoms with Crippen molar-refractivity contribution >= 4 is 22.8 Å². The summed E-state index contributed by atoms with van der Waals surface area (Å²) in [5, 5.41) is 2.96. The second-order valence-electron chi connectivity index (χ2n) is 9.43. The van der Waals surface area contributed by atoms with Crippen molar-refractivity contribution in [3.8, 4) is 0 Å². The van der Waals surface area contributed by atoms with E-state index in [2.05, 4.69) is 5.32 Å². The molecule has 1 saturated heterocycles. The van der Waals surface area contributed by atoms with E-state index in [0.29, 0.717) is 32.0 Å². The van der Waals surface area contributed by atoms with Crippen molar-refractivity contribution in [2.24, 2.45) is 5.92 Å². The Morgan fingerprint density at radius 2 is 1.75 bits per heavy atom. The number of rotatable bonds is 6. The second kappa shape index (κ2) is 10.3. The summed E-state index contributed by atoms with van der Waals surface area (Å²) in [6.07, 6.45) is 1.54. The van der Waals surface area contributed by atoms with Gasteiger partial charge in [-0.05, 0) is 55.2 Å². The molecular weight excluding hydrogens is 455 g/mol. The molecule has 1 aromatic heterocycles. The van der Waals surface area contributed by atoms with Crippen molar-refractivity contribution in [3.63, 3.8) is 0 Å². The molecule has 2 heterocycles. The Kier molecular flexibility index (Phi) is 6.80. The molecule has 0 radical (unpaired) electrons. The minimum atomic E-state index is -0.302. The number of anilines is 1. The van der Waals surface area contributed by atoms with Crippen molar-refractivity contribution < 1.29 is 9.18 Å². The molecule has 5 rings (SSSR count). The predicted octanol–water partition coefficient (Wildman–Crippen LogP) is 4.43. The number of benzene rings is 3. The molecule has 0 saturated carbocycles. The van der Waals surface area contributed by atoms with Crippen LogP contribution < -0.4 is 15.8 Å². The first kappa shape index (κ1) is 23.7. The highest BCUT2D eigenvalue weighted by molar-refractivity contribution is 5.80. The zero-order valence-corrected chi connectivity index (χ0v) is 20.3. The molecule has 1 amide bonds. The summed E-state index contributed by atoms with van der Waals surface area (Å²) >= 11 is 0. The van der Waals surface area contributed by atoms with Gasteiger partial charge in [-0.15, -0.1) is 0 Å². The van der Waals surface area contributed by atoms with Crippen LogP contribution in [0.15, 0.2) is 77.6 Å². The molecule has 1 fully saturated rings. The number of amides is 1. The zero-order chi connectivity index (χ0) is 25.1. The third kappa shape index (κ3) is 5.15. The molecule has 1 aliphatic heterocycles. The number of aryl methyl sites for hydroxylation is 1. The minimum Gasteiger partial charge on any atom is -0.352 e. The second-order valence-corrected chi connectivity index (χ2v) is 9.43. The predicted molar refractivity (Wildman–Crippen MR) is 139 cm³/mol. The summed E-state index contributed by atoms with van der Waals surface area (Å²) in [4.78, 5) is 33.3. The molecule has 1 unspecified atom stereocenters. The molecule has 36 heavy (non-hydrogen) atoms. The molecule has 184 valence electrons. The average Bonchev–Trinajstić information content (AvgIpc) is 2.91. The third-order valence-electron chi connectivity index (χ3n) is 6.77. The lowest BCUT2D eigenvalue weighted by molar-refractivity contribution is -0.125. The number of nitrogens with zero attached hydrogens (tertiary/aromatic N) is 3. The maximum absolute atomic E-state index is 13.7. The van der Waals surface area contributed by atoms with Crippen LogP contribution in [0.4, 0.5) is 10.2 Å². The first-order valence-electron chi connectivity index (χ1n) is 12.3. The molecule has 0 spiro atoms. The fraction of sp³-hybridized carbons (Fsp3) is 0.276. The fourth-order valence-electron chi connectivity index (χ4n) is 4.74. The standard InChI is InChI=1S/C29H29FN4O2/c1-20-8-10-22(11-9-20)18-34-26-7-3-2-6-25(26)32-27(29(34)36)33-16-4-5-23(19-33)28(35)31-17-21-12-14-24(30)15-13-21/h2-3,6-15,23H,4-5,16-19H2,1H3,(H,31,35). The van der Waals surface area contributed by atoms with Crippen LogP contribution in [0.3, 0.4) is 0 Å². The van der Waals surface area contributed by atoms with Crippen LogP contribution in [0, 0.1) is 18.7 Å². The highest BCUT2D eigenvalue weighted by Crippen LogP contribution is 2.22. The molecule has 6 nitrogen and oxygen atoms in total. The van der Waals surface area contributed by atoms with Crippen molar-refractivity contribution in [1.29, 1.82) is 0 Å². The monoisotopic (exact) mass is 484 g/mol. The number of para-hydroxylation sites is 2. The number of hydrogen-bond donors (Lipinski definition) is 1. The van der Waals surface area contributed by atoms with Gasteiger partial charge in [0.1, 0.15) is 5.82 Å². The summed E-state index contributed by atoms with van der Waals surface area (Å²) in [6.45, 7) is 3.93. The molecule has 4 aromatic rings. The van der Waals surface area contributed by atoms with Crippen molar-refractivity contribution in [2.45, 2.75) is 32.9 Å². The Hall–Kier alpha value is -4.00. The molecule has 3 aromatic carbocycles. The Morgan fingerprint density at radius 3 is 2.53 bits per heavy atom. The van der Waals surface area contributed by atoms with Gasteiger partial charge in [0.25, 0.3) is 5.56 Å². The van der Waals surface area contributed by atoms with Gasteiger partial charge in [0.15, 0.2) is 5.82 Å². The average molecular weight is 485 g/mol. The van der Waals surface area contributed by atoms with Crippen LogP contribution in [0.1, 0.15) is 29.5 Å². The quantitative estimate of drug-likeness (QED) is 0.440. The van der Waals surface area contributed by atoms with E-state index < -0.39 is 0 Å². The summed E-state index contributed by atoms with van der Waals surface area (Å²) in [5.74, 6) is -0.233. The van der Waals surface area contributed by atoms with E-state index in [9.17, 15) is 14.0 Å². The van der Waals surface area contributed by atoms with Crippen LogP contribution in [0.5, 0.6) is 0 Å². The molecule has 0 aliphatic carbocycles. The minimum absolute atomic E-state index is 0.0650. The molecular formula is C29H29FN4O2. The van der Waals surface area contributed by atoms with Crippen LogP contribution in [0.25, 0.3) is 11.0 Å². The van der Waals surface area contributed by atoms with Gasteiger partial charge in [-0.1, -0.05) is 54.1 Å². The first-order chi connectivity index (χ1) is 17.5. The Bertz CT molecular complexity index is 1430. The van der Waals surface area contributed by atoms with Gasteiger partial charge in [0, 0.05) is 19.6 Å². The van der Waals surface area contributed by atoms with E-state index in [1.165, 1.54) is 17.7 Å². The Morgan fingerprint density at radius 1 is 1.03 bits per heavy atom. The van der Waals surface area contributed by atoms with E-state index in [4.69, 9.17) is 4.98 Å². The molecule has 0 bridgehead atoms. The molecule has 1 N–H and O–H groups in total. The number of piperidine rings is 1. The molecule has 1 atom stereocenters. The lowest BCUT2D eigenvalue weighted by atomic mass is 9.97. The Balaban J connectivity index is 1.38. The van der Waals surface area contributed by atoms with E-state index in [1.807, 2.05) is 60.4 Å². The maximum Gasteiger partial charge on any atom is 0.294 e. The zero-order valence-electron chi connectivity index (χ0n) is 20.3. The number of hydrogen-bond acceptors (Lipinski definition) is 4. The third-order valence-corrected chi connectivity index (χ3v) is 6.77. The largest absolute Gasteiger partial charge is 0.352 e. The summed E-state index contributed by atoms with van der Waals surface area (Å²) in [6, 6.07) is 21.9. The number of carbonyl (C=O) groups is 1. The summed E-state index contributed by atoms with van der Waals surface area (Å²) in [7, 11) is 0. The van der Waals surface area contributed by atoms with Gasteiger partial charge in [0.05, 0.1) is 23.5 Å². The lowest BCUT2D eigenvalue weighted by Gasteiger charge is -2.32. The number of nitrogens with one attached hydrogen (secondary N) is 1. The van der Waals surface area contributed by atoms with E-state index >= 15 is 0 Å². The van der Waals surface area contributed by atoms with Gasteiger partial charge in [-0.25, -0.2) is 9.37 Å². The summed E-state index contributed by atoms with van der Waals surface area (Å²) < 4.78 is 14.9. The highest BCUT2D eigenvalue weighted by atomic mass is 19.1. The van der Waals surface area contributed by atoms with Crippen molar-refractivity contribution in [1.82, 2.24) is 14.9 Å². The van der Waals surface area contributed by atoms with Gasteiger partial charge < -0.3 is 10.2 Å². The van der Waals surface area contributed by atoms with Crippen LogP contribution >= 0.6 is 0 Å². The number of aromatic nitrogens is 2. The van der Waals surface area contributed by atoms with Gasteiger partial charge >= 0.3 is 0 Å². The van der Waals surface area contributed by atoms with Crippen molar-refractivity contribution in [3.05, 3.63) is 106 Å². The summed E-state index contributed by atoms with van der Waals surface area (Å²) in [5.41, 5.74) is 4.44. The van der Waals surface area contributed by atoms with Crippen LogP contribution in [-0.4, -0.2) is 28.5 Å². The molecule has 1 aliphatic rings. The van der Waals surface area contributed by atoms with Crippen LogP contribution in [0.2, 0.25) is 0 Å². The smallest absolute Gasteiger partial charge is 0.294 e. The van der Waals surface area contributed by atoms with Crippen LogP contribution in [-0.2, 0) is 17.9 Å². The highest BCUT2D eigenvalue weighted by Gasteiger charge is 2.28. The number of fused-ring (bicyclic) bond motifs is 1. The first-order valence-corrected chi connectivity index (χ1v) is 12.3. The van der Waals surface area contributed by atoms with E-state index in [-0.39, 0.29) is 23.2 Å². The molecule has 7 heteroatoms. The lowest BCUT2D eigenvalue weighted by Crippen LogP contribution is -2.45. The van der Waals surface area contributed by atoms with Gasteiger partial charge in [0.2, 0.25) is 5.91 Å². The maximum atomic E-state index is 13.7. The van der Waals surface area contributed by atoms with E-state index in [1.54, 1.807) is 16.7 Å². The van der Waals surface area contributed by atoms with Gasteiger partial charge in [-0.2, -0.15) is 0 Å². The number of halogens is 1. The topological polar surface area (TPSA) is 67.2 Å². The van der Waals surface area contributed by atoms with E-state index in [0.717, 1.165) is 35.0 Å². The SMILES string of the molecule is Cc1ccc(Cn2c(=O)c(N3CCCC(C(=O)NCc4ccc(F)cc4)C3)nc3ccccc32)cc1. The fourth-order valence-corrected chi connectivity index (χ4v) is 4.74. The van der Waals surface area contributed by atoms with Gasteiger partial charge in [-0.3, -0.25) is 14.2 Å².